The Morgan fingerprint density at radius 3 is 2.62 bits per heavy atom. The van der Waals surface area contributed by atoms with Crippen LogP contribution in [-0.2, 0) is 14.4 Å². The van der Waals surface area contributed by atoms with Gasteiger partial charge in [0.2, 0.25) is 11.8 Å². The second kappa shape index (κ2) is 5.20. The third-order valence-corrected chi connectivity index (χ3v) is 5.18. The Bertz CT molecular complexity index is 748. The highest BCUT2D eigenvalue weighted by Crippen LogP contribution is 2.46. The molecule has 2 amide bonds. The van der Waals surface area contributed by atoms with E-state index in [1.807, 2.05) is 0 Å². The standard InChI is InChI=1S/C16H18N2O6/c1-16(15(22)23)10-9(13(20)18(2)14(10)21)11(17-16)7-5-4-6-8(24-3)12(7)19/h4-6,9-11,17,19H,1-3H3,(H,22,23)/t9-,10+,11-,16-/m0/s1. The molecule has 2 heterocycles. The van der Waals surface area contributed by atoms with Crippen molar-refractivity contribution in [2.75, 3.05) is 14.2 Å². The van der Waals surface area contributed by atoms with Crippen molar-refractivity contribution < 1.29 is 34.7 Å². The molecule has 0 aliphatic carbocycles. The molecule has 0 unspecified atom stereocenters. The third kappa shape index (κ3) is 1.92. The van der Waals surface area contributed by atoms with Crippen molar-refractivity contribution in [3.8, 4) is 11.5 Å². The largest absolute Gasteiger partial charge is 0.544 e. The van der Waals surface area contributed by atoms with E-state index in [-0.39, 0.29) is 11.5 Å². The molecule has 1 aromatic carbocycles. The zero-order valence-corrected chi connectivity index (χ0v) is 13.5. The molecule has 2 aliphatic rings. The molecular formula is C16H18N2O6. The number of carboxylic acid groups (broad SMARTS) is 1. The number of para-hydroxylation sites is 1. The fourth-order valence-electron chi connectivity index (χ4n) is 3.86. The maximum Gasteiger partial charge on any atom is 0.239 e. The minimum absolute atomic E-state index is 0.169. The number of nitrogens with two attached hydrogens (primary N) is 1. The summed E-state index contributed by atoms with van der Waals surface area (Å²) in [5.41, 5.74) is -1.24. The van der Waals surface area contributed by atoms with Gasteiger partial charge in [0.1, 0.15) is 29.4 Å². The molecule has 0 saturated carbocycles. The van der Waals surface area contributed by atoms with Crippen molar-refractivity contribution in [2.45, 2.75) is 18.5 Å². The molecule has 3 N–H and O–H groups in total. The maximum absolute atomic E-state index is 12.5. The van der Waals surface area contributed by atoms with Crippen molar-refractivity contribution in [3.05, 3.63) is 23.8 Å². The summed E-state index contributed by atoms with van der Waals surface area (Å²) in [5, 5.41) is 23.5. The first kappa shape index (κ1) is 16.3. The fourth-order valence-corrected chi connectivity index (χ4v) is 3.86. The molecule has 2 fully saturated rings. The summed E-state index contributed by atoms with van der Waals surface area (Å²) in [7, 11) is 2.73. The summed E-state index contributed by atoms with van der Waals surface area (Å²) in [6, 6.07) is 4.05. The number of carboxylic acids is 1. The zero-order valence-electron chi connectivity index (χ0n) is 13.5. The molecule has 24 heavy (non-hydrogen) atoms. The van der Waals surface area contributed by atoms with E-state index in [4.69, 9.17) is 4.74 Å². The average Bonchev–Trinajstić information content (AvgIpc) is 2.98. The van der Waals surface area contributed by atoms with Crippen LogP contribution in [0.1, 0.15) is 18.5 Å². The number of hydrogen-bond acceptors (Lipinski definition) is 6. The van der Waals surface area contributed by atoms with E-state index in [0.29, 0.717) is 5.56 Å². The van der Waals surface area contributed by atoms with Crippen LogP contribution in [0.2, 0.25) is 0 Å². The molecule has 3 rings (SSSR count). The quantitative estimate of drug-likeness (QED) is 0.602. The lowest BCUT2D eigenvalue weighted by molar-refractivity contribution is -0.735. The number of phenolic OH excluding ortho intramolecular Hbond substituents is 1. The minimum Gasteiger partial charge on any atom is -0.544 e. The number of carbonyl (C=O) groups excluding carboxylic acids is 3. The summed E-state index contributed by atoms with van der Waals surface area (Å²) in [4.78, 5) is 37.6. The van der Waals surface area contributed by atoms with Gasteiger partial charge in [0.05, 0.1) is 12.7 Å². The van der Waals surface area contributed by atoms with Crippen LogP contribution in [0.5, 0.6) is 11.5 Å². The molecule has 0 spiro atoms. The second-order valence-corrected chi connectivity index (χ2v) is 6.40. The maximum atomic E-state index is 12.5. The number of aliphatic carboxylic acids is 1. The normalized spacial score (nSPS) is 32.1. The van der Waals surface area contributed by atoms with Crippen molar-refractivity contribution in [1.29, 1.82) is 0 Å². The van der Waals surface area contributed by atoms with E-state index in [9.17, 15) is 24.6 Å². The summed E-state index contributed by atoms with van der Waals surface area (Å²) in [5.74, 6) is -4.31. The summed E-state index contributed by atoms with van der Waals surface area (Å²) < 4.78 is 5.07. The van der Waals surface area contributed by atoms with Gasteiger partial charge >= 0.3 is 0 Å². The molecule has 2 saturated heterocycles. The number of ether oxygens (including phenoxy) is 1. The Kier molecular flexibility index (Phi) is 3.52. The first-order valence-corrected chi connectivity index (χ1v) is 7.48. The Balaban J connectivity index is 2.15. The van der Waals surface area contributed by atoms with Gasteiger partial charge in [-0.25, -0.2) is 0 Å². The van der Waals surface area contributed by atoms with Gasteiger partial charge in [0, 0.05) is 7.05 Å². The molecule has 1 aromatic rings. The van der Waals surface area contributed by atoms with E-state index in [1.165, 1.54) is 26.4 Å². The molecule has 128 valence electrons. The SMILES string of the molecule is COc1cccc([C@@H]2[NH2+][C@](C)(C(=O)[O-])[C@H]3C(=O)N(C)C(=O)[C@H]23)c1O. The Labute approximate surface area is 138 Å². The highest BCUT2D eigenvalue weighted by atomic mass is 16.5. The lowest BCUT2D eigenvalue weighted by Gasteiger charge is -2.28. The number of carbonyl (C=O) groups is 3. The molecule has 0 aromatic heterocycles. The Morgan fingerprint density at radius 2 is 2.04 bits per heavy atom. The molecule has 8 nitrogen and oxygen atoms in total. The second-order valence-electron chi connectivity index (χ2n) is 6.40. The molecule has 0 radical (unpaired) electrons. The number of likely N-dealkylation sites (tertiary alicyclic amines) is 1. The third-order valence-electron chi connectivity index (χ3n) is 5.18. The van der Waals surface area contributed by atoms with Gasteiger partial charge in [-0.05, 0) is 19.1 Å². The van der Waals surface area contributed by atoms with Crippen LogP contribution in [0.3, 0.4) is 0 Å². The number of imide groups is 1. The number of rotatable bonds is 3. The van der Waals surface area contributed by atoms with Crippen LogP contribution in [0, 0.1) is 11.8 Å². The number of nitrogens with zero attached hydrogens (tertiary/aromatic N) is 1. The van der Waals surface area contributed by atoms with Gasteiger partial charge < -0.3 is 25.1 Å². The molecular weight excluding hydrogens is 316 g/mol. The zero-order chi connectivity index (χ0) is 17.8. The monoisotopic (exact) mass is 334 g/mol. The lowest BCUT2D eigenvalue weighted by Crippen LogP contribution is -2.98. The molecule has 0 bridgehead atoms. The number of phenols is 1. The van der Waals surface area contributed by atoms with Gasteiger partial charge in [-0.15, -0.1) is 0 Å². The molecule has 4 atom stereocenters. The van der Waals surface area contributed by atoms with Crippen LogP contribution in [0.4, 0.5) is 0 Å². The van der Waals surface area contributed by atoms with Gasteiger partial charge in [-0.2, -0.15) is 0 Å². The number of aromatic hydroxyl groups is 1. The van der Waals surface area contributed by atoms with Crippen molar-refractivity contribution in [2.24, 2.45) is 11.8 Å². The summed E-state index contributed by atoms with van der Waals surface area (Å²) in [6.07, 6.45) is 0. The van der Waals surface area contributed by atoms with E-state index < -0.39 is 41.2 Å². The number of hydrogen-bond donors (Lipinski definition) is 2. The predicted octanol–water partition coefficient (Wildman–Crippen LogP) is -2.24. The van der Waals surface area contributed by atoms with Crippen LogP contribution in [0.25, 0.3) is 0 Å². The van der Waals surface area contributed by atoms with Crippen molar-refractivity contribution in [3.63, 3.8) is 0 Å². The number of quaternary nitrogens is 1. The first-order chi connectivity index (χ1) is 11.2. The van der Waals surface area contributed by atoms with Gasteiger partial charge in [-0.1, -0.05) is 6.07 Å². The van der Waals surface area contributed by atoms with Gasteiger partial charge in [0.25, 0.3) is 0 Å². The number of benzene rings is 1. The van der Waals surface area contributed by atoms with Gasteiger partial charge in [-0.3, -0.25) is 14.5 Å². The number of methoxy groups -OCH3 is 1. The van der Waals surface area contributed by atoms with E-state index in [2.05, 4.69) is 0 Å². The Hall–Kier alpha value is -2.61. The predicted molar refractivity (Wildman–Crippen MR) is 77.5 cm³/mol. The van der Waals surface area contributed by atoms with E-state index in [1.54, 1.807) is 18.2 Å². The Morgan fingerprint density at radius 1 is 1.38 bits per heavy atom. The highest BCUT2D eigenvalue weighted by Gasteiger charge is 2.67. The van der Waals surface area contributed by atoms with Gasteiger partial charge in [0.15, 0.2) is 11.5 Å². The molecule has 2 aliphatic heterocycles. The van der Waals surface area contributed by atoms with Crippen molar-refractivity contribution >= 4 is 17.8 Å². The van der Waals surface area contributed by atoms with E-state index in [0.717, 1.165) is 4.90 Å². The van der Waals surface area contributed by atoms with Crippen molar-refractivity contribution in [1.82, 2.24) is 4.90 Å². The first-order valence-electron chi connectivity index (χ1n) is 7.48. The number of fused-ring (bicyclic) bond motifs is 1. The smallest absolute Gasteiger partial charge is 0.239 e. The molecule has 8 heteroatoms. The topological polar surface area (TPSA) is 124 Å². The average molecular weight is 334 g/mol. The van der Waals surface area contributed by atoms with Crippen LogP contribution in [0.15, 0.2) is 18.2 Å². The summed E-state index contributed by atoms with van der Waals surface area (Å²) >= 11 is 0. The summed E-state index contributed by atoms with van der Waals surface area (Å²) in [6.45, 7) is 1.38. The van der Waals surface area contributed by atoms with Crippen LogP contribution >= 0.6 is 0 Å². The minimum atomic E-state index is -1.59. The highest BCUT2D eigenvalue weighted by molar-refractivity contribution is 6.08. The van der Waals surface area contributed by atoms with Crippen LogP contribution < -0.4 is 15.2 Å². The number of amides is 2. The lowest BCUT2D eigenvalue weighted by atomic mass is 9.80. The fraction of sp³-hybridized carbons (Fsp3) is 0.438. The van der Waals surface area contributed by atoms with Crippen LogP contribution in [-0.4, -0.2) is 47.5 Å². The van der Waals surface area contributed by atoms with E-state index >= 15 is 0 Å².